The summed E-state index contributed by atoms with van der Waals surface area (Å²) in [6.45, 7) is 4.30. The monoisotopic (exact) mass is 348 g/mol. The Morgan fingerprint density at radius 3 is 2.48 bits per heavy atom. The second-order valence-corrected chi connectivity index (χ2v) is 7.84. The standard InChI is InChI=1S/C17H20N2O2S2/c1-11(2)23-13-6-4-12(5-7-13)10-15(20)19-17-14(8-9-22-17)16(21)18-3/h4-9,11H,10H2,1-3H3,(H,18,21)(H,19,20). The fourth-order valence-electron chi connectivity index (χ4n) is 2.03. The van der Waals surface area contributed by atoms with E-state index in [2.05, 4.69) is 24.5 Å². The van der Waals surface area contributed by atoms with Gasteiger partial charge in [0, 0.05) is 17.2 Å². The van der Waals surface area contributed by atoms with Crippen LogP contribution in [0.2, 0.25) is 0 Å². The van der Waals surface area contributed by atoms with E-state index in [1.165, 1.54) is 16.2 Å². The van der Waals surface area contributed by atoms with E-state index >= 15 is 0 Å². The van der Waals surface area contributed by atoms with Gasteiger partial charge in [-0.05, 0) is 29.1 Å². The van der Waals surface area contributed by atoms with Crippen molar-refractivity contribution in [2.75, 3.05) is 12.4 Å². The van der Waals surface area contributed by atoms with E-state index in [9.17, 15) is 9.59 Å². The van der Waals surface area contributed by atoms with Crippen molar-refractivity contribution in [2.45, 2.75) is 30.4 Å². The van der Waals surface area contributed by atoms with Crippen LogP contribution in [0.1, 0.15) is 29.8 Å². The molecular weight excluding hydrogens is 328 g/mol. The molecule has 6 heteroatoms. The smallest absolute Gasteiger partial charge is 0.254 e. The van der Waals surface area contributed by atoms with Crippen LogP contribution >= 0.6 is 23.1 Å². The maximum atomic E-state index is 12.2. The van der Waals surface area contributed by atoms with E-state index in [1.807, 2.05) is 24.3 Å². The largest absolute Gasteiger partial charge is 0.355 e. The van der Waals surface area contributed by atoms with Gasteiger partial charge in [0.2, 0.25) is 5.91 Å². The van der Waals surface area contributed by atoms with Crippen molar-refractivity contribution >= 4 is 39.9 Å². The minimum absolute atomic E-state index is 0.123. The number of carbonyl (C=O) groups is 2. The highest BCUT2D eigenvalue weighted by Gasteiger charge is 2.14. The number of anilines is 1. The molecule has 0 aliphatic heterocycles. The summed E-state index contributed by atoms with van der Waals surface area (Å²) >= 11 is 3.14. The van der Waals surface area contributed by atoms with Crippen molar-refractivity contribution < 1.29 is 9.59 Å². The number of amides is 2. The van der Waals surface area contributed by atoms with Gasteiger partial charge in [-0.1, -0.05) is 26.0 Å². The molecule has 0 saturated carbocycles. The molecule has 0 aliphatic carbocycles. The van der Waals surface area contributed by atoms with Gasteiger partial charge in [-0.3, -0.25) is 9.59 Å². The maximum Gasteiger partial charge on any atom is 0.254 e. The Bertz CT molecular complexity index is 678. The minimum atomic E-state index is -0.198. The van der Waals surface area contributed by atoms with Gasteiger partial charge in [-0.15, -0.1) is 23.1 Å². The predicted molar refractivity (Wildman–Crippen MR) is 97.5 cm³/mol. The highest BCUT2D eigenvalue weighted by Crippen LogP contribution is 2.24. The predicted octanol–water partition coefficient (Wildman–Crippen LogP) is 3.79. The normalized spacial score (nSPS) is 10.6. The molecule has 122 valence electrons. The Morgan fingerprint density at radius 1 is 1.17 bits per heavy atom. The van der Waals surface area contributed by atoms with Crippen molar-refractivity contribution in [3.8, 4) is 0 Å². The second-order valence-electron chi connectivity index (χ2n) is 5.28. The zero-order valence-electron chi connectivity index (χ0n) is 13.4. The first-order valence-electron chi connectivity index (χ1n) is 7.34. The van der Waals surface area contributed by atoms with E-state index in [-0.39, 0.29) is 18.2 Å². The van der Waals surface area contributed by atoms with Gasteiger partial charge < -0.3 is 10.6 Å². The lowest BCUT2D eigenvalue weighted by Crippen LogP contribution is -2.20. The number of benzene rings is 1. The molecule has 0 radical (unpaired) electrons. The summed E-state index contributed by atoms with van der Waals surface area (Å²) in [5.74, 6) is -0.321. The fraction of sp³-hybridized carbons (Fsp3) is 0.294. The van der Waals surface area contributed by atoms with Crippen molar-refractivity contribution in [3.05, 3.63) is 46.8 Å². The first-order valence-corrected chi connectivity index (χ1v) is 9.10. The zero-order chi connectivity index (χ0) is 16.8. The molecular formula is C17H20N2O2S2. The van der Waals surface area contributed by atoms with Crippen molar-refractivity contribution in [3.63, 3.8) is 0 Å². The Labute approximate surface area is 144 Å². The average molecular weight is 348 g/mol. The topological polar surface area (TPSA) is 58.2 Å². The van der Waals surface area contributed by atoms with Crippen LogP contribution in [0, 0.1) is 0 Å². The quantitative estimate of drug-likeness (QED) is 0.781. The zero-order valence-corrected chi connectivity index (χ0v) is 15.0. The van der Waals surface area contributed by atoms with Gasteiger partial charge in [0.1, 0.15) is 5.00 Å². The van der Waals surface area contributed by atoms with Gasteiger partial charge >= 0.3 is 0 Å². The third kappa shape index (κ3) is 5.11. The van der Waals surface area contributed by atoms with E-state index in [4.69, 9.17) is 0 Å². The van der Waals surface area contributed by atoms with Crippen molar-refractivity contribution in [1.82, 2.24) is 5.32 Å². The maximum absolute atomic E-state index is 12.2. The van der Waals surface area contributed by atoms with Gasteiger partial charge in [-0.2, -0.15) is 0 Å². The van der Waals surface area contributed by atoms with Crippen LogP contribution in [0.4, 0.5) is 5.00 Å². The molecule has 1 aromatic carbocycles. The van der Waals surface area contributed by atoms with Crippen LogP contribution in [0.5, 0.6) is 0 Å². The third-order valence-electron chi connectivity index (χ3n) is 3.05. The molecule has 4 nitrogen and oxygen atoms in total. The van der Waals surface area contributed by atoms with Gasteiger partial charge in [0.15, 0.2) is 0 Å². The van der Waals surface area contributed by atoms with Crippen LogP contribution in [-0.2, 0) is 11.2 Å². The number of carbonyl (C=O) groups excluding carboxylic acids is 2. The van der Waals surface area contributed by atoms with Crippen LogP contribution in [0.15, 0.2) is 40.6 Å². The molecule has 0 saturated heterocycles. The molecule has 0 fully saturated rings. The average Bonchev–Trinajstić information content (AvgIpc) is 2.96. The number of hydrogen-bond donors (Lipinski definition) is 2. The summed E-state index contributed by atoms with van der Waals surface area (Å²) in [5, 5.41) is 8.29. The molecule has 0 bridgehead atoms. The van der Waals surface area contributed by atoms with Gasteiger partial charge in [-0.25, -0.2) is 0 Å². The number of hydrogen-bond acceptors (Lipinski definition) is 4. The third-order valence-corrected chi connectivity index (χ3v) is 4.90. The molecule has 2 rings (SSSR count). The summed E-state index contributed by atoms with van der Waals surface area (Å²) in [5.41, 5.74) is 1.45. The molecule has 0 atom stereocenters. The second kappa shape index (κ2) is 8.17. The lowest BCUT2D eigenvalue weighted by atomic mass is 10.1. The lowest BCUT2D eigenvalue weighted by Gasteiger charge is -2.07. The van der Waals surface area contributed by atoms with Gasteiger partial charge in [0.25, 0.3) is 5.91 Å². The Balaban J connectivity index is 1.97. The summed E-state index contributed by atoms with van der Waals surface area (Å²) < 4.78 is 0. The molecule has 2 amide bonds. The molecule has 2 N–H and O–H groups in total. The summed E-state index contributed by atoms with van der Waals surface area (Å²) in [6.07, 6.45) is 0.289. The van der Waals surface area contributed by atoms with Gasteiger partial charge in [0.05, 0.1) is 12.0 Å². The summed E-state index contributed by atoms with van der Waals surface area (Å²) in [6, 6.07) is 9.72. The van der Waals surface area contributed by atoms with Crippen molar-refractivity contribution in [1.29, 1.82) is 0 Å². The fourth-order valence-corrected chi connectivity index (χ4v) is 3.67. The molecule has 1 aromatic heterocycles. The molecule has 23 heavy (non-hydrogen) atoms. The Morgan fingerprint density at radius 2 is 1.87 bits per heavy atom. The van der Waals surface area contributed by atoms with E-state index < -0.39 is 0 Å². The minimum Gasteiger partial charge on any atom is -0.355 e. The van der Waals surface area contributed by atoms with E-state index in [1.54, 1.807) is 30.3 Å². The Kier molecular flexibility index (Phi) is 6.24. The summed E-state index contributed by atoms with van der Waals surface area (Å²) in [4.78, 5) is 25.1. The molecule has 2 aromatic rings. The van der Waals surface area contributed by atoms with Crippen LogP contribution < -0.4 is 10.6 Å². The molecule has 0 unspecified atom stereocenters. The number of thioether (sulfide) groups is 1. The highest BCUT2D eigenvalue weighted by molar-refractivity contribution is 7.99. The molecule has 0 aliphatic rings. The number of rotatable bonds is 6. The molecule has 0 spiro atoms. The van der Waals surface area contributed by atoms with E-state index in [0.29, 0.717) is 15.8 Å². The van der Waals surface area contributed by atoms with Crippen LogP contribution in [0.25, 0.3) is 0 Å². The summed E-state index contributed by atoms with van der Waals surface area (Å²) in [7, 11) is 1.57. The van der Waals surface area contributed by atoms with Crippen LogP contribution in [-0.4, -0.2) is 24.1 Å². The first kappa shape index (κ1) is 17.6. The first-order chi connectivity index (χ1) is 11.0. The number of thiophene rings is 1. The lowest BCUT2D eigenvalue weighted by molar-refractivity contribution is -0.115. The van der Waals surface area contributed by atoms with Crippen molar-refractivity contribution in [2.24, 2.45) is 0 Å². The highest BCUT2D eigenvalue weighted by atomic mass is 32.2. The van der Waals surface area contributed by atoms with E-state index in [0.717, 1.165) is 5.56 Å². The SMILES string of the molecule is CNC(=O)c1ccsc1NC(=O)Cc1ccc(SC(C)C)cc1. The Hall–Kier alpha value is -1.79. The number of nitrogens with one attached hydrogen (secondary N) is 2. The van der Waals surface area contributed by atoms with Crippen LogP contribution in [0.3, 0.4) is 0 Å². The molecule has 1 heterocycles.